The number of benzene rings is 1. The number of aryl methyl sites for hydroxylation is 2. The minimum absolute atomic E-state index is 0.152. The van der Waals surface area contributed by atoms with E-state index < -0.39 is 0 Å². The number of anilines is 2. The van der Waals surface area contributed by atoms with Gasteiger partial charge in [0.1, 0.15) is 5.82 Å². The third-order valence-electron chi connectivity index (χ3n) is 3.16. The number of rotatable bonds is 5. The van der Waals surface area contributed by atoms with Gasteiger partial charge >= 0.3 is 0 Å². The van der Waals surface area contributed by atoms with Gasteiger partial charge in [-0.1, -0.05) is 6.07 Å². The van der Waals surface area contributed by atoms with Crippen molar-refractivity contribution in [1.29, 1.82) is 0 Å². The molecule has 1 aromatic carbocycles. The van der Waals surface area contributed by atoms with Crippen LogP contribution in [0.2, 0.25) is 0 Å². The first-order valence-electron chi connectivity index (χ1n) is 6.59. The summed E-state index contributed by atoms with van der Waals surface area (Å²) in [5.41, 5.74) is 2.22. The monoisotopic (exact) mass is 277 g/mol. The number of imidazole rings is 1. The summed E-state index contributed by atoms with van der Waals surface area (Å²) in [7, 11) is 1.67. The topological polar surface area (TPSA) is 39.1 Å². The largest absolute Gasteiger partial charge is 0.383 e. The molecular weight excluding hydrogens is 257 g/mol. The quantitative estimate of drug-likeness (QED) is 0.907. The first-order chi connectivity index (χ1) is 9.51. The van der Waals surface area contributed by atoms with Crippen molar-refractivity contribution in [1.82, 2.24) is 9.55 Å². The van der Waals surface area contributed by atoms with Gasteiger partial charge < -0.3 is 14.6 Å². The average Bonchev–Trinajstić information content (AvgIpc) is 2.75. The number of aromatic nitrogens is 2. The lowest BCUT2D eigenvalue weighted by atomic mass is 10.2. The number of nitrogens with zero attached hydrogens (tertiary/aromatic N) is 2. The van der Waals surface area contributed by atoms with E-state index in [1.54, 1.807) is 20.1 Å². The van der Waals surface area contributed by atoms with Crippen molar-refractivity contribution in [3.63, 3.8) is 0 Å². The van der Waals surface area contributed by atoms with Crippen LogP contribution in [0.1, 0.15) is 24.2 Å². The van der Waals surface area contributed by atoms with Crippen LogP contribution in [0.5, 0.6) is 0 Å². The van der Waals surface area contributed by atoms with Crippen molar-refractivity contribution in [3.8, 4) is 0 Å². The van der Waals surface area contributed by atoms with E-state index in [0.29, 0.717) is 23.8 Å². The zero-order valence-corrected chi connectivity index (χ0v) is 12.3. The number of nitrogens with one attached hydrogen (secondary N) is 1. The molecule has 0 amide bonds. The van der Waals surface area contributed by atoms with Gasteiger partial charge in [-0.3, -0.25) is 0 Å². The maximum absolute atomic E-state index is 13.6. The fourth-order valence-electron chi connectivity index (χ4n) is 2.07. The molecule has 2 aromatic rings. The van der Waals surface area contributed by atoms with Crippen LogP contribution < -0.4 is 5.32 Å². The van der Waals surface area contributed by atoms with Crippen LogP contribution in [-0.2, 0) is 4.74 Å². The van der Waals surface area contributed by atoms with Gasteiger partial charge in [0.05, 0.1) is 18.3 Å². The zero-order valence-electron chi connectivity index (χ0n) is 12.3. The van der Waals surface area contributed by atoms with Crippen LogP contribution >= 0.6 is 0 Å². The Labute approximate surface area is 118 Å². The van der Waals surface area contributed by atoms with Crippen LogP contribution in [0.4, 0.5) is 16.0 Å². The summed E-state index contributed by atoms with van der Waals surface area (Å²) in [5.74, 6) is 0.463. The SMILES string of the molecule is COCC(C)n1cc(C)nc1Nc1ccc(C)c(F)c1. The Hall–Kier alpha value is -1.88. The summed E-state index contributed by atoms with van der Waals surface area (Å²) < 4.78 is 20.7. The average molecular weight is 277 g/mol. The summed E-state index contributed by atoms with van der Waals surface area (Å²) in [5, 5.41) is 3.16. The van der Waals surface area contributed by atoms with E-state index >= 15 is 0 Å². The molecule has 0 saturated heterocycles. The first kappa shape index (κ1) is 14.5. The summed E-state index contributed by atoms with van der Waals surface area (Å²) in [4.78, 5) is 4.44. The molecule has 0 bridgehead atoms. The smallest absolute Gasteiger partial charge is 0.207 e. The Balaban J connectivity index is 2.26. The van der Waals surface area contributed by atoms with Gasteiger partial charge in [-0.15, -0.1) is 0 Å². The lowest BCUT2D eigenvalue weighted by Crippen LogP contribution is -2.12. The number of methoxy groups -OCH3 is 1. The van der Waals surface area contributed by atoms with Crippen molar-refractivity contribution < 1.29 is 9.13 Å². The predicted molar refractivity (Wildman–Crippen MR) is 78.0 cm³/mol. The predicted octanol–water partition coefficient (Wildman–Crippen LogP) is 3.59. The molecule has 0 aliphatic carbocycles. The normalized spacial score (nSPS) is 12.4. The van der Waals surface area contributed by atoms with Crippen LogP contribution in [0.3, 0.4) is 0 Å². The van der Waals surface area contributed by atoms with Crippen molar-refractivity contribution in [2.75, 3.05) is 19.0 Å². The Kier molecular flexibility index (Phi) is 4.39. The summed E-state index contributed by atoms with van der Waals surface area (Å²) in [6, 6.07) is 5.22. The van der Waals surface area contributed by atoms with Gasteiger partial charge in [-0.05, 0) is 38.5 Å². The molecule has 0 radical (unpaired) electrons. The fraction of sp³-hybridized carbons (Fsp3) is 0.400. The van der Waals surface area contributed by atoms with E-state index in [1.165, 1.54) is 6.07 Å². The van der Waals surface area contributed by atoms with E-state index in [9.17, 15) is 4.39 Å². The molecule has 0 saturated carbocycles. The highest BCUT2D eigenvalue weighted by molar-refractivity contribution is 5.54. The molecule has 5 heteroatoms. The highest BCUT2D eigenvalue weighted by atomic mass is 19.1. The Morgan fingerprint density at radius 3 is 2.80 bits per heavy atom. The van der Waals surface area contributed by atoms with Crippen LogP contribution in [0.25, 0.3) is 0 Å². The minimum Gasteiger partial charge on any atom is -0.383 e. The van der Waals surface area contributed by atoms with Gasteiger partial charge in [-0.2, -0.15) is 0 Å². The van der Waals surface area contributed by atoms with Crippen LogP contribution in [0, 0.1) is 19.7 Å². The second-order valence-corrected chi connectivity index (χ2v) is 5.01. The van der Waals surface area contributed by atoms with E-state index in [0.717, 1.165) is 5.69 Å². The van der Waals surface area contributed by atoms with Crippen LogP contribution in [0.15, 0.2) is 24.4 Å². The van der Waals surface area contributed by atoms with Gasteiger partial charge in [0, 0.05) is 19.0 Å². The molecule has 0 spiro atoms. The first-order valence-corrected chi connectivity index (χ1v) is 6.59. The van der Waals surface area contributed by atoms with E-state index in [-0.39, 0.29) is 11.9 Å². The Morgan fingerprint density at radius 2 is 2.15 bits per heavy atom. The molecule has 4 nitrogen and oxygen atoms in total. The lowest BCUT2D eigenvalue weighted by Gasteiger charge is -2.16. The highest BCUT2D eigenvalue weighted by Gasteiger charge is 2.12. The molecule has 0 fully saturated rings. The molecule has 1 aromatic heterocycles. The Morgan fingerprint density at radius 1 is 1.40 bits per heavy atom. The number of hydrogen-bond acceptors (Lipinski definition) is 3. The second-order valence-electron chi connectivity index (χ2n) is 5.01. The minimum atomic E-state index is -0.227. The van der Waals surface area contributed by atoms with Gasteiger partial charge in [0.2, 0.25) is 5.95 Å². The third-order valence-corrected chi connectivity index (χ3v) is 3.16. The second kappa shape index (κ2) is 6.05. The molecular formula is C15H20FN3O. The van der Waals surface area contributed by atoms with Crippen molar-refractivity contribution >= 4 is 11.6 Å². The van der Waals surface area contributed by atoms with Gasteiger partial charge in [0.25, 0.3) is 0 Å². The Bertz CT molecular complexity index is 595. The highest BCUT2D eigenvalue weighted by Crippen LogP contribution is 2.22. The molecule has 1 atom stereocenters. The molecule has 1 unspecified atom stereocenters. The molecule has 0 aliphatic rings. The van der Waals surface area contributed by atoms with Gasteiger partial charge in [-0.25, -0.2) is 9.37 Å². The summed E-state index contributed by atoms with van der Waals surface area (Å²) in [6.07, 6.45) is 1.95. The van der Waals surface area contributed by atoms with Gasteiger partial charge in [0.15, 0.2) is 0 Å². The molecule has 20 heavy (non-hydrogen) atoms. The maximum Gasteiger partial charge on any atom is 0.207 e. The molecule has 0 aliphatic heterocycles. The summed E-state index contributed by atoms with van der Waals surface area (Å²) >= 11 is 0. The van der Waals surface area contributed by atoms with Crippen molar-refractivity contribution in [2.24, 2.45) is 0 Å². The molecule has 1 N–H and O–H groups in total. The fourth-order valence-corrected chi connectivity index (χ4v) is 2.07. The van der Waals surface area contributed by atoms with E-state index in [4.69, 9.17) is 4.74 Å². The number of halogens is 1. The number of ether oxygens (including phenoxy) is 1. The standard InChI is InChI=1S/C15H20FN3O/c1-10-5-6-13(7-14(10)16)18-15-17-11(2)8-19(15)12(3)9-20-4/h5-8,12H,9H2,1-4H3,(H,17,18). The lowest BCUT2D eigenvalue weighted by molar-refractivity contribution is 0.163. The summed E-state index contributed by atoms with van der Waals surface area (Å²) in [6.45, 7) is 6.31. The molecule has 108 valence electrons. The maximum atomic E-state index is 13.6. The third kappa shape index (κ3) is 3.17. The van der Waals surface area contributed by atoms with Crippen molar-refractivity contribution in [2.45, 2.75) is 26.8 Å². The van der Waals surface area contributed by atoms with E-state index in [2.05, 4.69) is 10.3 Å². The molecule has 1 heterocycles. The van der Waals surface area contributed by atoms with Crippen molar-refractivity contribution in [3.05, 3.63) is 41.5 Å². The van der Waals surface area contributed by atoms with Crippen LogP contribution in [-0.4, -0.2) is 23.3 Å². The molecule has 2 rings (SSSR count). The zero-order chi connectivity index (χ0) is 14.7. The number of hydrogen-bond donors (Lipinski definition) is 1. The van der Waals surface area contributed by atoms with E-state index in [1.807, 2.05) is 30.7 Å².